The summed E-state index contributed by atoms with van der Waals surface area (Å²) in [5, 5.41) is 14.5. The van der Waals surface area contributed by atoms with E-state index in [0.717, 1.165) is 19.4 Å². The highest BCUT2D eigenvalue weighted by Gasteiger charge is 2.21. The largest absolute Gasteiger partial charge is 0.487 e. The Labute approximate surface area is 126 Å². The monoisotopic (exact) mass is 294 g/mol. The van der Waals surface area contributed by atoms with E-state index in [1.54, 1.807) is 18.2 Å². The first kappa shape index (κ1) is 17.3. The topological polar surface area (TPSA) is 64.4 Å². The highest BCUT2D eigenvalue weighted by molar-refractivity contribution is 5.68. The van der Waals surface area contributed by atoms with Crippen molar-refractivity contribution in [3.8, 4) is 5.75 Å². The van der Waals surface area contributed by atoms with Crippen molar-refractivity contribution < 1.29 is 9.66 Å². The molecule has 118 valence electrons. The first-order valence-corrected chi connectivity index (χ1v) is 7.78. The van der Waals surface area contributed by atoms with Crippen LogP contribution in [0.3, 0.4) is 0 Å². The van der Waals surface area contributed by atoms with E-state index in [9.17, 15) is 10.1 Å². The van der Waals surface area contributed by atoms with Crippen LogP contribution in [0.25, 0.3) is 0 Å². The quantitative estimate of drug-likeness (QED) is 0.505. The second kappa shape index (κ2) is 9.21. The molecule has 0 spiro atoms. The third-order valence-corrected chi connectivity index (χ3v) is 3.61. The van der Waals surface area contributed by atoms with Crippen LogP contribution in [0.15, 0.2) is 18.2 Å². The summed E-state index contributed by atoms with van der Waals surface area (Å²) in [6.45, 7) is 7.33. The maximum Gasteiger partial charge on any atom is 0.333 e. The van der Waals surface area contributed by atoms with Crippen molar-refractivity contribution in [3.63, 3.8) is 0 Å². The molecule has 0 heterocycles. The van der Waals surface area contributed by atoms with Crippen molar-refractivity contribution in [2.75, 3.05) is 18.5 Å². The molecule has 0 amide bonds. The van der Waals surface area contributed by atoms with Crippen LogP contribution in [0.5, 0.6) is 5.75 Å². The van der Waals surface area contributed by atoms with E-state index in [-0.39, 0.29) is 10.6 Å². The molecular formula is C16H26N2O3. The molecule has 0 aliphatic heterocycles. The van der Waals surface area contributed by atoms with Gasteiger partial charge in [0.25, 0.3) is 0 Å². The summed E-state index contributed by atoms with van der Waals surface area (Å²) < 4.78 is 5.36. The van der Waals surface area contributed by atoms with Gasteiger partial charge in [-0.15, -0.1) is 0 Å². The summed E-state index contributed by atoms with van der Waals surface area (Å²) >= 11 is 0. The lowest BCUT2D eigenvalue weighted by molar-refractivity contribution is -0.384. The van der Waals surface area contributed by atoms with E-state index in [2.05, 4.69) is 19.2 Å². The Kier molecular flexibility index (Phi) is 7.58. The van der Waals surface area contributed by atoms with E-state index in [4.69, 9.17) is 4.74 Å². The molecule has 0 aliphatic rings. The van der Waals surface area contributed by atoms with Gasteiger partial charge in [-0.3, -0.25) is 10.1 Å². The van der Waals surface area contributed by atoms with Crippen LogP contribution < -0.4 is 10.1 Å². The van der Waals surface area contributed by atoms with E-state index < -0.39 is 0 Å². The number of nitrogens with zero attached hydrogens (tertiary/aromatic N) is 1. The average molecular weight is 294 g/mol. The fourth-order valence-corrected chi connectivity index (χ4v) is 2.32. The Morgan fingerprint density at radius 1 is 1.33 bits per heavy atom. The van der Waals surface area contributed by atoms with Crippen molar-refractivity contribution in [3.05, 3.63) is 28.3 Å². The van der Waals surface area contributed by atoms with Gasteiger partial charge >= 0.3 is 5.69 Å². The standard InChI is InChI=1S/C16H26N2O3/c1-4-7-9-13(5-2)12-17-14-10-8-11-15(21-6-3)16(14)18(19)20/h8,10-11,13,17H,4-7,9,12H2,1-3H3. The number of hydrogen-bond acceptors (Lipinski definition) is 4. The summed E-state index contributed by atoms with van der Waals surface area (Å²) in [5.74, 6) is 0.870. The summed E-state index contributed by atoms with van der Waals surface area (Å²) in [6.07, 6.45) is 4.60. The van der Waals surface area contributed by atoms with E-state index >= 15 is 0 Å². The molecule has 0 bridgehead atoms. The third kappa shape index (κ3) is 5.25. The number of benzene rings is 1. The molecule has 1 N–H and O–H groups in total. The molecule has 0 saturated heterocycles. The Bertz CT molecular complexity index is 449. The Balaban J connectivity index is 2.82. The normalized spacial score (nSPS) is 12.0. The highest BCUT2D eigenvalue weighted by Crippen LogP contribution is 2.35. The van der Waals surface area contributed by atoms with Crippen molar-refractivity contribution in [1.82, 2.24) is 0 Å². The maximum atomic E-state index is 11.3. The van der Waals surface area contributed by atoms with Gasteiger partial charge in [0.1, 0.15) is 5.69 Å². The molecule has 0 aromatic heterocycles. The number of hydrogen-bond donors (Lipinski definition) is 1. The molecule has 0 fully saturated rings. The number of unbranched alkanes of at least 4 members (excludes halogenated alkanes) is 1. The molecule has 0 saturated carbocycles. The maximum absolute atomic E-state index is 11.3. The fraction of sp³-hybridized carbons (Fsp3) is 0.625. The summed E-state index contributed by atoms with van der Waals surface area (Å²) in [7, 11) is 0. The van der Waals surface area contributed by atoms with Crippen LogP contribution in [-0.4, -0.2) is 18.1 Å². The van der Waals surface area contributed by atoms with Gasteiger partial charge in [0.15, 0.2) is 5.75 Å². The van der Waals surface area contributed by atoms with Gasteiger partial charge in [-0.1, -0.05) is 39.2 Å². The van der Waals surface area contributed by atoms with Crippen LogP contribution in [0.2, 0.25) is 0 Å². The van der Waals surface area contributed by atoms with Gasteiger partial charge in [0.05, 0.1) is 11.5 Å². The predicted octanol–water partition coefficient (Wildman–Crippen LogP) is 4.62. The minimum absolute atomic E-state index is 0.0321. The fourth-order valence-electron chi connectivity index (χ4n) is 2.32. The smallest absolute Gasteiger partial charge is 0.333 e. The van der Waals surface area contributed by atoms with Crippen LogP contribution >= 0.6 is 0 Å². The number of rotatable bonds is 10. The van der Waals surface area contributed by atoms with Crippen LogP contribution in [0, 0.1) is 16.0 Å². The minimum Gasteiger partial charge on any atom is -0.487 e. The Hall–Kier alpha value is -1.78. The summed E-state index contributed by atoms with van der Waals surface area (Å²) in [4.78, 5) is 10.9. The van der Waals surface area contributed by atoms with Crippen molar-refractivity contribution in [1.29, 1.82) is 0 Å². The number of anilines is 1. The SMILES string of the molecule is CCCCC(CC)CNc1cccc(OCC)c1[N+](=O)[O-]. The van der Waals surface area contributed by atoms with Gasteiger partial charge in [0, 0.05) is 6.54 Å². The molecule has 5 nitrogen and oxygen atoms in total. The molecule has 5 heteroatoms. The molecule has 1 aromatic carbocycles. The highest BCUT2D eigenvalue weighted by atomic mass is 16.6. The van der Waals surface area contributed by atoms with E-state index in [1.807, 2.05) is 6.92 Å². The zero-order valence-electron chi connectivity index (χ0n) is 13.2. The van der Waals surface area contributed by atoms with Crippen molar-refractivity contribution in [2.45, 2.75) is 46.5 Å². The molecule has 0 aliphatic carbocycles. The van der Waals surface area contributed by atoms with Gasteiger partial charge in [-0.05, 0) is 31.4 Å². The van der Waals surface area contributed by atoms with Crippen LogP contribution in [-0.2, 0) is 0 Å². The Morgan fingerprint density at radius 2 is 2.10 bits per heavy atom. The second-order valence-electron chi connectivity index (χ2n) is 5.14. The number of ether oxygens (including phenoxy) is 1. The average Bonchev–Trinajstić information content (AvgIpc) is 2.47. The molecule has 0 radical (unpaired) electrons. The lowest BCUT2D eigenvalue weighted by Crippen LogP contribution is -2.14. The first-order valence-electron chi connectivity index (χ1n) is 7.78. The van der Waals surface area contributed by atoms with Gasteiger partial charge < -0.3 is 10.1 Å². The van der Waals surface area contributed by atoms with Crippen LogP contribution in [0.1, 0.15) is 46.5 Å². The molecule has 1 atom stereocenters. The van der Waals surface area contributed by atoms with E-state index in [0.29, 0.717) is 24.0 Å². The van der Waals surface area contributed by atoms with E-state index in [1.165, 1.54) is 12.8 Å². The van der Waals surface area contributed by atoms with Crippen LogP contribution in [0.4, 0.5) is 11.4 Å². The lowest BCUT2D eigenvalue weighted by Gasteiger charge is -2.16. The molecule has 1 unspecified atom stereocenters. The number of nitro groups is 1. The minimum atomic E-state index is -0.375. The second-order valence-corrected chi connectivity index (χ2v) is 5.14. The summed E-state index contributed by atoms with van der Waals surface area (Å²) in [5.41, 5.74) is 0.575. The van der Waals surface area contributed by atoms with Gasteiger partial charge in [-0.25, -0.2) is 0 Å². The van der Waals surface area contributed by atoms with Gasteiger partial charge in [0.2, 0.25) is 0 Å². The van der Waals surface area contributed by atoms with Crippen molar-refractivity contribution >= 4 is 11.4 Å². The summed E-state index contributed by atoms with van der Waals surface area (Å²) in [6, 6.07) is 5.17. The predicted molar refractivity (Wildman–Crippen MR) is 86.1 cm³/mol. The lowest BCUT2D eigenvalue weighted by atomic mass is 9.99. The van der Waals surface area contributed by atoms with Crippen molar-refractivity contribution in [2.24, 2.45) is 5.92 Å². The Morgan fingerprint density at radius 3 is 2.67 bits per heavy atom. The molecule has 21 heavy (non-hydrogen) atoms. The number of nitro benzene ring substituents is 1. The van der Waals surface area contributed by atoms with Gasteiger partial charge in [-0.2, -0.15) is 0 Å². The number of para-hydroxylation sites is 1. The molecule has 1 rings (SSSR count). The zero-order chi connectivity index (χ0) is 15.7. The third-order valence-electron chi connectivity index (χ3n) is 3.61. The molecular weight excluding hydrogens is 268 g/mol. The first-order chi connectivity index (χ1) is 10.1. The zero-order valence-corrected chi connectivity index (χ0v) is 13.2. The molecule has 1 aromatic rings. The number of nitrogens with one attached hydrogen (secondary N) is 1.